The van der Waals surface area contributed by atoms with Crippen molar-refractivity contribution in [2.75, 3.05) is 6.61 Å². The molecule has 14 N–H and O–H groups in total. The molecule has 8 aromatic rings. The van der Waals surface area contributed by atoms with Gasteiger partial charge in [0.25, 0.3) is 0 Å². The van der Waals surface area contributed by atoms with Crippen molar-refractivity contribution in [2.45, 2.75) is 78.2 Å². The number of aliphatic hydroxyl groups excluding tert-OH is 4. The molecule has 5 aliphatic rings. The number of aliphatic hydroxyl groups is 4. The lowest BCUT2D eigenvalue weighted by Gasteiger charge is -2.41. The Morgan fingerprint density at radius 1 is 0.329 bits per heavy atom. The molecular weight excluding hydrogens is 1020 g/mol. The Morgan fingerprint density at radius 3 is 1.46 bits per heavy atom. The Hall–Kier alpha value is -8.84. The molecule has 0 spiro atoms. The highest BCUT2D eigenvalue weighted by Crippen LogP contribution is 2.72. The van der Waals surface area contributed by atoms with E-state index >= 15 is 0 Å². The molecule has 2 aliphatic carbocycles. The first-order chi connectivity index (χ1) is 38.0. The number of fused-ring (bicyclic) bond motifs is 3. The van der Waals surface area contributed by atoms with Gasteiger partial charge >= 0.3 is 0 Å². The number of benzene rings is 8. The Kier molecular flexibility index (Phi) is 11.6. The molecular formula is C62H52O17. The molecule has 79 heavy (non-hydrogen) atoms. The predicted molar refractivity (Wildman–Crippen MR) is 280 cm³/mol. The van der Waals surface area contributed by atoms with E-state index in [4.69, 9.17) is 14.2 Å². The molecule has 0 amide bonds. The third-order valence-electron chi connectivity index (χ3n) is 16.9. The fourth-order valence-corrected chi connectivity index (χ4v) is 13.6. The highest BCUT2D eigenvalue weighted by Gasteiger charge is 2.58. The summed E-state index contributed by atoms with van der Waals surface area (Å²) in [4.78, 5) is 0. The lowest BCUT2D eigenvalue weighted by Crippen LogP contribution is -2.55. The number of hydrogen-bond acceptors (Lipinski definition) is 17. The molecule has 0 saturated carbocycles. The third kappa shape index (κ3) is 7.63. The molecule has 0 aromatic heterocycles. The summed E-state index contributed by atoms with van der Waals surface area (Å²) < 4.78 is 20.2. The van der Waals surface area contributed by atoms with Gasteiger partial charge in [0.05, 0.1) is 24.0 Å². The van der Waals surface area contributed by atoms with Gasteiger partial charge in [0.2, 0.25) is 0 Å². The summed E-state index contributed by atoms with van der Waals surface area (Å²) in [5.74, 6) is -7.85. The zero-order valence-corrected chi connectivity index (χ0v) is 41.5. The van der Waals surface area contributed by atoms with Crippen molar-refractivity contribution in [1.29, 1.82) is 0 Å². The van der Waals surface area contributed by atoms with E-state index in [2.05, 4.69) is 0 Å². The van der Waals surface area contributed by atoms with Crippen molar-refractivity contribution < 1.29 is 85.7 Å². The number of aromatic hydroxyl groups is 10. The van der Waals surface area contributed by atoms with Crippen LogP contribution in [0.2, 0.25) is 0 Å². The van der Waals surface area contributed by atoms with Gasteiger partial charge in [0, 0.05) is 58.1 Å². The molecule has 13 rings (SSSR count). The van der Waals surface area contributed by atoms with E-state index < -0.39 is 102 Å². The van der Waals surface area contributed by atoms with Gasteiger partial charge in [0.1, 0.15) is 100 Å². The van der Waals surface area contributed by atoms with Crippen LogP contribution in [0.4, 0.5) is 0 Å². The van der Waals surface area contributed by atoms with E-state index in [0.29, 0.717) is 66.8 Å². The third-order valence-corrected chi connectivity index (χ3v) is 16.9. The Bertz CT molecular complexity index is 3710. The Labute approximate surface area is 449 Å². The molecule has 3 heterocycles. The highest BCUT2D eigenvalue weighted by atomic mass is 16.5. The first kappa shape index (κ1) is 49.7. The van der Waals surface area contributed by atoms with Gasteiger partial charge in [0.15, 0.2) is 11.5 Å². The quantitative estimate of drug-likeness (QED) is 0.0642. The molecule has 1 saturated heterocycles. The normalized spacial score (nSPS) is 27.1. The minimum atomic E-state index is -1.92. The summed E-state index contributed by atoms with van der Waals surface area (Å²) in [5, 5.41) is 159. The molecule has 3 aliphatic heterocycles. The summed E-state index contributed by atoms with van der Waals surface area (Å²) in [5.41, 5.74) is 5.39. The van der Waals surface area contributed by atoms with Gasteiger partial charge < -0.3 is 85.7 Å². The summed E-state index contributed by atoms with van der Waals surface area (Å²) in [6, 6.07) is 35.5. The molecule has 402 valence electrons. The van der Waals surface area contributed by atoms with Crippen molar-refractivity contribution in [2.24, 2.45) is 0 Å². The number of rotatable bonds is 8. The molecule has 8 aromatic carbocycles. The van der Waals surface area contributed by atoms with E-state index in [1.807, 2.05) is 0 Å². The monoisotopic (exact) mass is 1070 g/mol. The molecule has 1 unspecified atom stereocenters. The maximum atomic E-state index is 13.1. The largest absolute Gasteiger partial charge is 0.508 e. The zero-order chi connectivity index (χ0) is 55.0. The average molecular weight is 1070 g/mol. The van der Waals surface area contributed by atoms with E-state index in [1.165, 1.54) is 78.9 Å². The van der Waals surface area contributed by atoms with E-state index in [0.717, 1.165) is 0 Å². The Balaban J connectivity index is 1.17. The van der Waals surface area contributed by atoms with Gasteiger partial charge in [-0.05, 0) is 117 Å². The van der Waals surface area contributed by atoms with Crippen LogP contribution in [0.15, 0.2) is 140 Å². The molecule has 17 heteroatoms. The SMILES string of the molecule is OC[C@H]1O[C@@H](c2c(O)cc([C@H]3c4c(O)cc5c6c4[C@@H]([C@@H](c4ccc(O)cc4)c4c(O)cc(O)cc4C6[C@H](c4ccc(O)cc4)O5)[C@@H]3c3ccc(O)cc3)c3c2O[C@@H](c2ccc(O)cc2)[C@@H]3c2ccc(O)c(O)c2)[C@H](O)[C@@H](O)[C@@H]1O. The first-order valence-electron chi connectivity index (χ1n) is 25.7. The summed E-state index contributed by atoms with van der Waals surface area (Å²) in [6.45, 7) is -0.800. The predicted octanol–water partition coefficient (Wildman–Crippen LogP) is 7.95. The minimum Gasteiger partial charge on any atom is -0.508 e. The minimum absolute atomic E-state index is 0.00723. The van der Waals surface area contributed by atoms with Crippen molar-refractivity contribution in [3.63, 3.8) is 0 Å². The summed E-state index contributed by atoms with van der Waals surface area (Å²) in [7, 11) is 0. The van der Waals surface area contributed by atoms with Gasteiger partial charge in [-0.25, -0.2) is 0 Å². The van der Waals surface area contributed by atoms with Gasteiger partial charge in [-0.3, -0.25) is 0 Å². The van der Waals surface area contributed by atoms with Crippen LogP contribution in [-0.2, 0) is 4.74 Å². The van der Waals surface area contributed by atoms with Crippen LogP contribution in [-0.4, -0.2) is 103 Å². The van der Waals surface area contributed by atoms with Crippen LogP contribution in [0.3, 0.4) is 0 Å². The molecule has 13 atom stereocenters. The lowest BCUT2D eigenvalue weighted by molar-refractivity contribution is -0.232. The van der Waals surface area contributed by atoms with Crippen molar-refractivity contribution in [1.82, 2.24) is 0 Å². The van der Waals surface area contributed by atoms with E-state index in [1.54, 1.807) is 60.7 Å². The zero-order valence-electron chi connectivity index (χ0n) is 41.5. The fraction of sp³-hybridized carbons (Fsp3) is 0.226. The fourth-order valence-electron chi connectivity index (χ4n) is 13.6. The van der Waals surface area contributed by atoms with Crippen molar-refractivity contribution in [3.8, 4) is 69.0 Å². The lowest BCUT2D eigenvalue weighted by atomic mass is 9.67. The number of phenols is 10. The smallest absolute Gasteiger partial charge is 0.157 e. The van der Waals surface area contributed by atoms with E-state index in [9.17, 15) is 71.5 Å². The van der Waals surface area contributed by atoms with Gasteiger partial charge in [-0.2, -0.15) is 0 Å². The van der Waals surface area contributed by atoms with Crippen LogP contribution in [0.5, 0.6) is 69.0 Å². The molecule has 1 fully saturated rings. The second-order valence-corrected chi connectivity index (χ2v) is 21.1. The van der Waals surface area contributed by atoms with Gasteiger partial charge in [-0.1, -0.05) is 54.6 Å². The van der Waals surface area contributed by atoms with Crippen LogP contribution in [0.1, 0.15) is 126 Å². The van der Waals surface area contributed by atoms with Gasteiger partial charge in [-0.15, -0.1) is 0 Å². The number of phenolic OH excluding ortho intramolecular Hbond substituents is 10. The van der Waals surface area contributed by atoms with Crippen LogP contribution in [0, 0.1) is 0 Å². The molecule has 0 bridgehead atoms. The summed E-state index contributed by atoms with van der Waals surface area (Å²) in [6.07, 6.45) is -10.7. The standard InChI is InChI=1S/C62H52O17/c63-24-43-56(74)57(75)58(76)62(78-43)52-40(72)22-36(49-46(29-9-18-37(69)38(70)19-29)59(79-61(49)52)27-5-14-32(66)15-6-27)48-45(26-3-12-31(65)13-4-26)54-44(25-1-10-30(64)11-2-25)47-35(20-34(68)21-39(47)71)50-53-42(23-41(73)51(48)55(53)54)77-60(50)28-7-16-33(67)17-8-28/h1-23,43-46,48,50,54,56-60,62-76H,24H2/t43-,44+,45-,46-,48-,50?,54+,56-,57+,58-,59+,60+,62+/m1/s1. The topological polar surface area (TPSA) is 311 Å². The van der Waals surface area contributed by atoms with Crippen molar-refractivity contribution in [3.05, 3.63) is 212 Å². The van der Waals surface area contributed by atoms with Crippen LogP contribution < -0.4 is 9.47 Å². The first-order valence-corrected chi connectivity index (χ1v) is 25.7. The summed E-state index contributed by atoms with van der Waals surface area (Å²) >= 11 is 0. The second kappa shape index (κ2) is 18.4. The molecule has 17 nitrogen and oxygen atoms in total. The Morgan fingerprint density at radius 2 is 0.861 bits per heavy atom. The maximum absolute atomic E-state index is 13.1. The second-order valence-electron chi connectivity index (χ2n) is 21.1. The number of hydrogen-bond donors (Lipinski definition) is 14. The van der Waals surface area contributed by atoms with E-state index in [-0.39, 0.29) is 57.3 Å². The number of ether oxygens (including phenoxy) is 3. The van der Waals surface area contributed by atoms with Crippen LogP contribution in [0.25, 0.3) is 0 Å². The highest BCUT2D eigenvalue weighted by molar-refractivity contribution is 5.75. The maximum Gasteiger partial charge on any atom is 0.157 e. The van der Waals surface area contributed by atoms with Crippen molar-refractivity contribution >= 4 is 0 Å². The van der Waals surface area contributed by atoms with Crippen LogP contribution >= 0.6 is 0 Å². The molecule has 0 radical (unpaired) electrons. The average Bonchev–Trinajstić information content (AvgIpc) is 2.27.